The van der Waals surface area contributed by atoms with Gasteiger partial charge in [0.25, 0.3) is 5.56 Å². The quantitative estimate of drug-likeness (QED) is 0.236. The van der Waals surface area contributed by atoms with Gasteiger partial charge in [-0.1, -0.05) is 59.9 Å². The normalized spacial score (nSPS) is 15.8. The highest BCUT2D eigenvalue weighted by atomic mass is 32.1. The van der Waals surface area contributed by atoms with Crippen LogP contribution in [0.15, 0.2) is 105 Å². The lowest BCUT2D eigenvalue weighted by Crippen LogP contribution is -2.38. The van der Waals surface area contributed by atoms with Crippen molar-refractivity contribution in [3.05, 3.63) is 138 Å². The SMILES string of the molecule is CCOC(=O)c1ccc(-c2ccc(/C=c3/sc4n(c3=O)[C@@H](c3cccc(OC)c3)C3=C(N=4)c4ccccc4CC3)o2)cc1. The van der Waals surface area contributed by atoms with Crippen LogP contribution in [-0.4, -0.2) is 24.3 Å². The summed E-state index contributed by atoms with van der Waals surface area (Å²) in [5.74, 6) is 1.58. The average molecular weight is 589 g/mol. The fourth-order valence-electron chi connectivity index (χ4n) is 5.83. The number of methoxy groups -OCH3 is 1. The zero-order valence-corrected chi connectivity index (χ0v) is 24.5. The molecule has 3 aromatic carbocycles. The lowest BCUT2D eigenvalue weighted by Gasteiger charge is -2.31. The Labute approximate surface area is 251 Å². The summed E-state index contributed by atoms with van der Waals surface area (Å²) in [5.41, 5.74) is 6.66. The third-order valence-electron chi connectivity index (χ3n) is 7.86. The number of carbonyl (C=O) groups is 1. The summed E-state index contributed by atoms with van der Waals surface area (Å²) in [6.45, 7) is 2.10. The van der Waals surface area contributed by atoms with E-state index >= 15 is 0 Å². The summed E-state index contributed by atoms with van der Waals surface area (Å²) in [6.07, 6.45) is 3.49. The van der Waals surface area contributed by atoms with Gasteiger partial charge in [0.2, 0.25) is 0 Å². The maximum absolute atomic E-state index is 14.1. The molecule has 0 unspecified atom stereocenters. The Kier molecular flexibility index (Phi) is 6.91. The molecule has 0 bridgehead atoms. The van der Waals surface area contributed by atoms with Crippen molar-refractivity contribution in [3.8, 4) is 17.1 Å². The minimum atomic E-state index is -0.359. The fraction of sp³-hybridized carbons (Fsp3) is 0.171. The second-order valence-electron chi connectivity index (χ2n) is 10.4. The van der Waals surface area contributed by atoms with E-state index in [4.69, 9.17) is 18.9 Å². The molecule has 1 aliphatic heterocycles. The number of esters is 1. The molecule has 5 aromatic rings. The number of allylic oxidation sites excluding steroid dienone is 1. The van der Waals surface area contributed by atoms with Crippen molar-refractivity contribution in [1.82, 2.24) is 4.57 Å². The Bertz CT molecular complexity index is 2080. The zero-order chi connectivity index (χ0) is 29.5. The highest BCUT2D eigenvalue weighted by molar-refractivity contribution is 7.07. The summed E-state index contributed by atoms with van der Waals surface area (Å²) in [4.78, 5) is 31.8. The van der Waals surface area contributed by atoms with Crippen LogP contribution in [-0.2, 0) is 11.2 Å². The predicted octanol–water partition coefficient (Wildman–Crippen LogP) is 5.76. The molecule has 0 fully saturated rings. The molecule has 1 aliphatic carbocycles. The summed E-state index contributed by atoms with van der Waals surface area (Å²) in [5, 5.41) is 0. The minimum absolute atomic E-state index is 0.112. The van der Waals surface area contributed by atoms with E-state index in [0.29, 0.717) is 33.0 Å². The van der Waals surface area contributed by atoms with Crippen molar-refractivity contribution >= 4 is 29.1 Å². The molecule has 0 saturated heterocycles. The third-order valence-corrected chi connectivity index (χ3v) is 8.85. The lowest BCUT2D eigenvalue weighted by molar-refractivity contribution is 0.0526. The van der Waals surface area contributed by atoms with Crippen molar-refractivity contribution in [2.75, 3.05) is 13.7 Å². The molecule has 0 radical (unpaired) electrons. The average Bonchev–Trinajstić information content (AvgIpc) is 3.64. The molecular formula is C35H28N2O5S. The number of benzene rings is 3. The van der Waals surface area contributed by atoms with E-state index in [-0.39, 0.29) is 17.6 Å². The molecular weight excluding hydrogens is 560 g/mol. The van der Waals surface area contributed by atoms with E-state index in [9.17, 15) is 9.59 Å². The van der Waals surface area contributed by atoms with Crippen molar-refractivity contribution < 1.29 is 18.7 Å². The van der Waals surface area contributed by atoms with Gasteiger partial charge in [-0.2, -0.15) is 0 Å². The van der Waals surface area contributed by atoms with Gasteiger partial charge in [0, 0.05) is 17.2 Å². The Morgan fingerprint density at radius 2 is 1.88 bits per heavy atom. The number of fused-ring (bicyclic) bond motifs is 3. The first-order valence-corrected chi connectivity index (χ1v) is 15.0. The molecule has 0 N–H and O–H groups in total. The van der Waals surface area contributed by atoms with E-state index in [0.717, 1.165) is 46.6 Å². The summed E-state index contributed by atoms with van der Waals surface area (Å²) in [6, 6.07) is 26.8. The van der Waals surface area contributed by atoms with Gasteiger partial charge in [0.1, 0.15) is 17.3 Å². The standard InChI is InChI=1S/C35H28N2O5S/c1-3-41-34(39)23-13-11-22(12-14-23)29-18-16-26(42-29)20-30-33(38)37-32(24-8-6-9-25(19-24)40-2)28-17-15-21-7-4-5-10-27(21)31(28)36-35(37)43-30/h4-14,16,18-20,32H,3,15,17H2,1-2H3/b30-20+/t32-/m0/s1. The van der Waals surface area contributed by atoms with Gasteiger partial charge >= 0.3 is 5.97 Å². The van der Waals surface area contributed by atoms with Crippen LogP contribution in [0.3, 0.4) is 0 Å². The first-order valence-electron chi connectivity index (χ1n) is 14.2. The molecule has 214 valence electrons. The first kappa shape index (κ1) is 26.9. The second kappa shape index (κ2) is 11.0. The molecule has 1 atom stereocenters. The molecule has 2 aliphatic rings. The molecule has 2 aromatic heterocycles. The van der Waals surface area contributed by atoms with Crippen LogP contribution in [0.2, 0.25) is 0 Å². The number of hydrogen-bond acceptors (Lipinski definition) is 7. The Morgan fingerprint density at radius 3 is 2.70 bits per heavy atom. The monoisotopic (exact) mass is 588 g/mol. The van der Waals surface area contributed by atoms with E-state index in [1.54, 1.807) is 32.2 Å². The number of carbonyl (C=O) groups excluding carboxylic acids is 1. The number of aryl methyl sites for hydroxylation is 1. The van der Waals surface area contributed by atoms with Crippen LogP contribution < -0.4 is 19.6 Å². The van der Waals surface area contributed by atoms with Crippen LogP contribution >= 0.6 is 11.3 Å². The first-order chi connectivity index (χ1) is 21.0. The summed E-state index contributed by atoms with van der Waals surface area (Å²) >= 11 is 1.36. The lowest BCUT2D eigenvalue weighted by atomic mass is 9.83. The largest absolute Gasteiger partial charge is 0.497 e. The second-order valence-corrected chi connectivity index (χ2v) is 11.4. The molecule has 3 heterocycles. The Hall–Kier alpha value is -4.95. The number of ether oxygens (including phenoxy) is 2. The summed E-state index contributed by atoms with van der Waals surface area (Å²) in [7, 11) is 1.65. The van der Waals surface area contributed by atoms with Crippen molar-refractivity contribution in [2.45, 2.75) is 25.8 Å². The van der Waals surface area contributed by atoms with Gasteiger partial charge in [-0.25, -0.2) is 9.79 Å². The third kappa shape index (κ3) is 4.83. The molecule has 0 spiro atoms. The van der Waals surface area contributed by atoms with E-state index < -0.39 is 0 Å². The van der Waals surface area contributed by atoms with Crippen molar-refractivity contribution in [2.24, 2.45) is 4.99 Å². The molecule has 0 saturated carbocycles. The predicted molar refractivity (Wildman–Crippen MR) is 166 cm³/mol. The molecule has 8 heteroatoms. The number of rotatable bonds is 6. The van der Waals surface area contributed by atoms with Crippen LogP contribution in [0.4, 0.5) is 0 Å². The number of thiazole rings is 1. The topological polar surface area (TPSA) is 83.0 Å². The fourth-order valence-corrected chi connectivity index (χ4v) is 6.81. The van der Waals surface area contributed by atoms with Gasteiger partial charge in [0.05, 0.1) is 35.6 Å². The number of furan rings is 1. The summed E-state index contributed by atoms with van der Waals surface area (Å²) < 4.78 is 19.1. The molecule has 0 amide bonds. The maximum Gasteiger partial charge on any atom is 0.338 e. The van der Waals surface area contributed by atoms with E-state index in [2.05, 4.69) is 18.2 Å². The number of nitrogens with zero attached hydrogens (tertiary/aromatic N) is 2. The van der Waals surface area contributed by atoms with Gasteiger partial charge in [-0.05, 0) is 72.9 Å². The van der Waals surface area contributed by atoms with Crippen molar-refractivity contribution in [3.63, 3.8) is 0 Å². The molecule has 43 heavy (non-hydrogen) atoms. The Balaban J connectivity index is 1.32. The van der Waals surface area contributed by atoms with Crippen molar-refractivity contribution in [1.29, 1.82) is 0 Å². The van der Waals surface area contributed by atoms with Gasteiger partial charge in [-0.3, -0.25) is 9.36 Å². The van der Waals surface area contributed by atoms with Gasteiger partial charge in [0.15, 0.2) is 4.80 Å². The van der Waals surface area contributed by atoms with Crippen LogP contribution in [0.5, 0.6) is 5.75 Å². The zero-order valence-electron chi connectivity index (χ0n) is 23.7. The van der Waals surface area contributed by atoms with Crippen LogP contribution in [0.25, 0.3) is 23.1 Å². The molecule has 7 nitrogen and oxygen atoms in total. The van der Waals surface area contributed by atoms with E-state index in [1.165, 1.54) is 16.9 Å². The molecule has 7 rings (SSSR count). The maximum atomic E-state index is 14.1. The number of hydrogen-bond donors (Lipinski definition) is 0. The Morgan fingerprint density at radius 1 is 1.05 bits per heavy atom. The highest BCUT2D eigenvalue weighted by Crippen LogP contribution is 2.41. The van der Waals surface area contributed by atoms with Gasteiger partial charge < -0.3 is 13.9 Å². The highest BCUT2D eigenvalue weighted by Gasteiger charge is 2.32. The van der Waals surface area contributed by atoms with E-state index in [1.807, 2.05) is 59.2 Å². The van der Waals surface area contributed by atoms with Crippen LogP contribution in [0.1, 0.15) is 52.2 Å². The smallest absolute Gasteiger partial charge is 0.338 e. The van der Waals surface area contributed by atoms with Gasteiger partial charge in [-0.15, -0.1) is 0 Å². The minimum Gasteiger partial charge on any atom is -0.497 e. The van der Waals surface area contributed by atoms with Crippen LogP contribution in [0, 0.1) is 0 Å². The number of aromatic nitrogens is 1.